The third kappa shape index (κ3) is 5.34. The normalized spacial score (nSPS) is 16.5. The van der Waals surface area contributed by atoms with Crippen molar-refractivity contribution >= 4 is 28.5 Å². The highest BCUT2D eigenvalue weighted by atomic mass is 16.3. The van der Waals surface area contributed by atoms with Gasteiger partial charge < -0.3 is 15.1 Å². The van der Waals surface area contributed by atoms with Gasteiger partial charge in [-0.25, -0.2) is 9.97 Å². The Morgan fingerprint density at radius 1 is 0.974 bits per heavy atom. The van der Waals surface area contributed by atoms with Crippen LogP contribution in [0.5, 0.6) is 0 Å². The number of anilines is 2. The molecule has 1 amide bonds. The minimum atomic E-state index is -0.131. The lowest BCUT2D eigenvalue weighted by molar-refractivity contribution is -0.111. The van der Waals surface area contributed by atoms with Gasteiger partial charge in [-0.3, -0.25) is 9.69 Å². The zero-order valence-corrected chi connectivity index (χ0v) is 21.5. The van der Waals surface area contributed by atoms with Crippen LogP contribution in [-0.2, 0) is 4.79 Å². The van der Waals surface area contributed by atoms with E-state index in [1.807, 2.05) is 60.7 Å². The van der Waals surface area contributed by atoms with E-state index in [2.05, 4.69) is 25.5 Å². The summed E-state index contributed by atoms with van der Waals surface area (Å²) in [5, 5.41) is 7.55. The third-order valence-electron chi connectivity index (χ3n) is 7.47. The topological polar surface area (TPSA) is 83.3 Å². The first-order valence-corrected chi connectivity index (χ1v) is 13.6. The molecule has 0 unspecified atom stereocenters. The summed E-state index contributed by atoms with van der Waals surface area (Å²) in [6, 6.07) is 18.4. The molecule has 2 N–H and O–H groups in total. The Bertz CT molecular complexity index is 1430. The number of nitrogens with one attached hydrogen (secondary N) is 2. The predicted octanol–water partition coefficient (Wildman–Crippen LogP) is 6.50. The molecule has 194 valence electrons. The molecule has 2 aliphatic rings. The van der Waals surface area contributed by atoms with Crippen molar-refractivity contribution in [1.82, 2.24) is 14.9 Å². The number of rotatable bonds is 8. The highest BCUT2D eigenvalue weighted by molar-refractivity contribution is 6.07. The van der Waals surface area contributed by atoms with Gasteiger partial charge in [-0.1, -0.05) is 61.4 Å². The average Bonchev–Trinajstić information content (AvgIpc) is 3.71. The number of amides is 1. The Labute approximate surface area is 223 Å². The first-order valence-electron chi connectivity index (χ1n) is 13.6. The molecule has 1 saturated carbocycles. The van der Waals surface area contributed by atoms with E-state index in [0.29, 0.717) is 11.8 Å². The van der Waals surface area contributed by atoms with Crippen molar-refractivity contribution in [3.8, 4) is 22.5 Å². The van der Waals surface area contributed by atoms with Gasteiger partial charge in [-0.05, 0) is 56.5 Å². The quantitative estimate of drug-likeness (QED) is 0.265. The molecular weight excluding hydrogens is 474 g/mol. The molecule has 1 aliphatic heterocycles. The van der Waals surface area contributed by atoms with Gasteiger partial charge in [0.05, 0.1) is 5.39 Å². The van der Waals surface area contributed by atoms with E-state index < -0.39 is 0 Å². The van der Waals surface area contributed by atoms with E-state index >= 15 is 0 Å². The maximum atomic E-state index is 12.7. The van der Waals surface area contributed by atoms with Crippen molar-refractivity contribution in [1.29, 1.82) is 0 Å². The number of fused-ring (bicyclic) bond motifs is 1. The highest BCUT2D eigenvalue weighted by Crippen LogP contribution is 2.43. The number of hydrogen-bond acceptors (Lipinski definition) is 6. The molecule has 7 nitrogen and oxygen atoms in total. The van der Waals surface area contributed by atoms with Crippen molar-refractivity contribution in [3.05, 3.63) is 73.1 Å². The summed E-state index contributed by atoms with van der Waals surface area (Å²) in [5.41, 5.74) is 4.10. The van der Waals surface area contributed by atoms with Crippen LogP contribution in [0.25, 0.3) is 33.6 Å². The zero-order chi connectivity index (χ0) is 25.7. The van der Waals surface area contributed by atoms with Crippen LogP contribution in [0.4, 0.5) is 11.5 Å². The number of furan rings is 1. The van der Waals surface area contributed by atoms with Crippen LogP contribution in [0, 0.1) is 0 Å². The number of carbonyl (C=O) groups excluding carboxylic acids is 1. The molecule has 4 aromatic rings. The molecule has 1 aliphatic carbocycles. The molecule has 0 atom stereocenters. The molecule has 2 aromatic heterocycles. The Balaban J connectivity index is 1.35. The average molecular weight is 508 g/mol. The van der Waals surface area contributed by atoms with Crippen molar-refractivity contribution in [2.45, 2.75) is 44.6 Å². The first kappa shape index (κ1) is 24.4. The van der Waals surface area contributed by atoms with Crippen LogP contribution in [0.15, 0.2) is 77.5 Å². The molecular formula is C31H33N5O2. The van der Waals surface area contributed by atoms with Crippen LogP contribution in [-0.4, -0.2) is 46.5 Å². The van der Waals surface area contributed by atoms with Gasteiger partial charge in [-0.2, -0.15) is 0 Å². The summed E-state index contributed by atoms with van der Waals surface area (Å²) in [5.74, 6) is 1.40. The monoisotopic (exact) mass is 507 g/mol. The number of aromatic nitrogens is 2. The lowest BCUT2D eigenvalue weighted by Gasteiger charge is -2.14. The summed E-state index contributed by atoms with van der Waals surface area (Å²) >= 11 is 0. The zero-order valence-electron chi connectivity index (χ0n) is 21.5. The third-order valence-corrected chi connectivity index (χ3v) is 7.47. The number of carbonyl (C=O) groups is 1. The van der Waals surface area contributed by atoms with E-state index in [4.69, 9.17) is 4.42 Å². The van der Waals surface area contributed by atoms with Crippen LogP contribution >= 0.6 is 0 Å². The largest absolute Gasteiger partial charge is 0.437 e. The predicted molar refractivity (Wildman–Crippen MR) is 152 cm³/mol. The van der Waals surface area contributed by atoms with Gasteiger partial charge in [0.15, 0.2) is 0 Å². The lowest BCUT2D eigenvalue weighted by atomic mass is 9.98. The van der Waals surface area contributed by atoms with Crippen molar-refractivity contribution in [2.75, 3.05) is 30.3 Å². The van der Waals surface area contributed by atoms with Crippen molar-refractivity contribution < 1.29 is 9.21 Å². The van der Waals surface area contributed by atoms with Gasteiger partial charge in [0, 0.05) is 35.5 Å². The molecule has 38 heavy (non-hydrogen) atoms. The Morgan fingerprint density at radius 2 is 1.76 bits per heavy atom. The van der Waals surface area contributed by atoms with E-state index in [9.17, 15) is 4.79 Å². The second-order valence-electron chi connectivity index (χ2n) is 10.2. The Hall–Kier alpha value is -3.97. The maximum absolute atomic E-state index is 12.7. The van der Waals surface area contributed by atoms with E-state index in [1.165, 1.54) is 25.7 Å². The van der Waals surface area contributed by atoms with Crippen LogP contribution < -0.4 is 10.6 Å². The summed E-state index contributed by atoms with van der Waals surface area (Å²) in [6.45, 7) is 3.03. The molecule has 0 radical (unpaired) electrons. The fraction of sp³-hybridized carbons (Fsp3) is 0.323. The molecule has 6 rings (SSSR count). The minimum Gasteiger partial charge on any atom is -0.437 e. The standard InChI is InChI=1S/C31H33N5O2/c37-26(16-9-19-36-17-6-7-18-36)34-25-15-8-12-23(20-25)27-28-30(35-24-13-4-5-14-24)32-21-33-31(28)38-29(27)22-10-2-1-3-11-22/h1-3,8-12,15-16,20-21,24H,4-7,13-14,17-19H2,(H,34,37)(H,32,33,35)/b16-9+. The molecule has 7 heteroatoms. The molecule has 2 fully saturated rings. The fourth-order valence-corrected chi connectivity index (χ4v) is 5.58. The summed E-state index contributed by atoms with van der Waals surface area (Å²) in [6.07, 6.45) is 12.3. The second kappa shape index (κ2) is 11.2. The van der Waals surface area contributed by atoms with E-state index in [1.54, 1.807) is 12.4 Å². The van der Waals surface area contributed by atoms with Gasteiger partial charge >= 0.3 is 0 Å². The molecule has 0 bridgehead atoms. The Morgan fingerprint density at radius 3 is 2.58 bits per heavy atom. The van der Waals surface area contributed by atoms with Crippen molar-refractivity contribution in [3.63, 3.8) is 0 Å². The SMILES string of the molecule is O=C(/C=C/CN1CCCC1)Nc1cccc(-c2c(-c3ccccc3)oc3ncnc(NC4CCCC4)c23)c1. The number of hydrogen-bond donors (Lipinski definition) is 2. The molecule has 2 aromatic carbocycles. The van der Waals surface area contributed by atoms with Gasteiger partial charge in [0.1, 0.15) is 17.9 Å². The number of benzene rings is 2. The second-order valence-corrected chi connectivity index (χ2v) is 10.2. The smallest absolute Gasteiger partial charge is 0.248 e. The summed E-state index contributed by atoms with van der Waals surface area (Å²) < 4.78 is 6.37. The lowest BCUT2D eigenvalue weighted by Crippen LogP contribution is -2.19. The van der Waals surface area contributed by atoms with Crippen molar-refractivity contribution in [2.24, 2.45) is 0 Å². The van der Waals surface area contributed by atoms with Gasteiger partial charge in [0.25, 0.3) is 0 Å². The molecule has 1 saturated heterocycles. The first-order chi connectivity index (χ1) is 18.7. The maximum Gasteiger partial charge on any atom is 0.248 e. The molecule has 3 heterocycles. The molecule has 0 spiro atoms. The van der Waals surface area contributed by atoms with Crippen LogP contribution in [0.3, 0.4) is 0 Å². The van der Waals surface area contributed by atoms with E-state index in [-0.39, 0.29) is 5.91 Å². The van der Waals surface area contributed by atoms with Crippen LogP contribution in [0.2, 0.25) is 0 Å². The van der Waals surface area contributed by atoms with Crippen LogP contribution in [0.1, 0.15) is 38.5 Å². The summed E-state index contributed by atoms with van der Waals surface area (Å²) in [4.78, 5) is 24.1. The Kier molecular flexibility index (Phi) is 7.18. The highest BCUT2D eigenvalue weighted by Gasteiger charge is 2.24. The minimum absolute atomic E-state index is 0.131. The van der Waals surface area contributed by atoms with E-state index in [0.717, 1.165) is 71.8 Å². The summed E-state index contributed by atoms with van der Waals surface area (Å²) in [7, 11) is 0. The number of nitrogens with zero attached hydrogens (tertiary/aromatic N) is 3. The van der Waals surface area contributed by atoms with Gasteiger partial charge in [0.2, 0.25) is 11.6 Å². The van der Waals surface area contributed by atoms with Gasteiger partial charge in [-0.15, -0.1) is 0 Å². The number of likely N-dealkylation sites (tertiary alicyclic amines) is 1. The fourth-order valence-electron chi connectivity index (χ4n) is 5.58.